The van der Waals surface area contributed by atoms with Crippen LogP contribution in [0.3, 0.4) is 0 Å². The van der Waals surface area contributed by atoms with Crippen molar-refractivity contribution in [2.24, 2.45) is 7.05 Å². The number of aryl methyl sites for hydroxylation is 1. The van der Waals surface area contributed by atoms with Gasteiger partial charge in [0.15, 0.2) is 0 Å². The molecule has 8 nitrogen and oxygen atoms in total. The van der Waals surface area contributed by atoms with Crippen molar-refractivity contribution in [3.63, 3.8) is 0 Å². The van der Waals surface area contributed by atoms with Crippen molar-refractivity contribution in [3.05, 3.63) is 16.3 Å². The topological polar surface area (TPSA) is 102 Å². The Kier molecular flexibility index (Phi) is 3.17. The van der Waals surface area contributed by atoms with E-state index in [1.165, 1.54) is 15.8 Å². The van der Waals surface area contributed by atoms with Gasteiger partial charge >= 0.3 is 11.7 Å². The van der Waals surface area contributed by atoms with Crippen LogP contribution in [0.4, 0.5) is 11.5 Å². The molecular weight excluding hydrogens is 240 g/mol. The third kappa shape index (κ3) is 2.13. The first-order chi connectivity index (χ1) is 8.50. The second-order valence-electron chi connectivity index (χ2n) is 4.31. The van der Waals surface area contributed by atoms with Crippen LogP contribution in [-0.2, 0) is 11.8 Å². The van der Waals surface area contributed by atoms with Crippen LogP contribution >= 0.6 is 0 Å². The van der Waals surface area contributed by atoms with Gasteiger partial charge in [-0.25, -0.2) is 4.79 Å². The molecule has 1 aliphatic rings. The zero-order chi connectivity index (χ0) is 13.3. The van der Waals surface area contributed by atoms with Gasteiger partial charge in [-0.1, -0.05) is 0 Å². The van der Waals surface area contributed by atoms with Gasteiger partial charge in [0.05, 0.1) is 4.92 Å². The Hall–Kier alpha value is -2.12. The summed E-state index contributed by atoms with van der Waals surface area (Å²) in [7, 11) is 1.58. The maximum Gasteiger partial charge on any atom is 0.330 e. The molecule has 1 unspecified atom stereocenters. The van der Waals surface area contributed by atoms with E-state index < -0.39 is 16.9 Å². The molecule has 0 aromatic carbocycles. The summed E-state index contributed by atoms with van der Waals surface area (Å²) in [5.41, 5.74) is -0.148. The lowest BCUT2D eigenvalue weighted by Crippen LogP contribution is -2.45. The van der Waals surface area contributed by atoms with E-state index in [0.717, 1.165) is 12.8 Å². The third-order valence-corrected chi connectivity index (χ3v) is 3.05. The number of carboxylic acid groups (broad SMARTS) is 1. The van der Waals surface area contributed by atoms with Crippen LogP contribution < -0.4 is 4.90 Å². The molecule has 0 bridgehead atoms. The minimum absolute atomic E-state index is 0.148. The molecule has 98 valence electrons. The third-order valence-electron chi connectivity index (χ3n) is 3.05. The quantitative estimate of drug-likeness (QED) is 0.631. The molecule has 1 aromatic heterocycles. The minimum atomic E-state index is -0.963. The molecule has 1 atom stereocenters. The molecule has 0 amide bonds. The van der Waals surface area contributed by atoms with Crippen molar-refractivity contribution in [2.75, 3.05) is 11.4 Å². The van der Waals surface area contributed by atoms with E-state index >= 15 is 0 Å². The number of carbonyl (C=O) groups is 1. The summed E-state index contributed by atoms with van der Waals surface area (Å²) in [5.74, 6) is -0.816. The van der Waals surface area contributed by atoms with E-state index in [4.69, 9.17) is 5.11 Å². The summed E-state index contributed by atoms with van der Waals surface area (Å²) in [6.07, 6.45) is 3.41. The molecule has 2 rings (SSSR count). The van der Waals surface area contributed by atoms with Crippen LogP contribution in [0.1, 0.15) is 19.3 Å². The average Bonchev–Trinajstić information content (AvgIpc) is 2.71. The molecule has 18 heavy (non-hydrogen) atoms. The van der Waals surface area contributed by atoms with Gasteiger partial charge in [-0.15, -0.1) is 5.10 Å². The normalized spacial score (nSPS) is 19.8. The Morgan fingerprint density at radius 3 is 2.94 bits per heavy atom. The highest BCUT2D eigenvalue weighted by Gasteiger charge is 2.34. The van der Waals surface area contributed by atoms with Crippen LogP contribution in [0, 0.1) is 10.1 Å². The van der Waals surface area contributed by atoms with Crippen molar-refractivity contribution in [1.29, 1.82) is 0 Å². The standard InChI is InChI=1S/C10H14N4O4/c1-12-6-8(14(17)18)9(11-12)13-5-3-2-4-7(13)10(15)16/h6-7H,2-5H2,1H3,(H,15,16). The van der Waals surface area contributed by atoms with Gasteiger partial charge in [0.2, 0.25) is 5.82 Å². The van der Waals surface area contributed by atoms with E-state index in [0.29, 0.717) is 13.0 Å². The lowest BCUT2D eigenvalue weighted by molar-refractivity contribution is -0.384. The van der Waals surface area contributed by atoms with Crippen LogP contribution in [0.5, 0.6) is 0 Å². The molecule has 1 aliphatic heterocycles. The summed E-state index contributed by atoms with van der Waals surface area (Å²) in [5, 5.41) is 24.1. The van der Waals surface area contributed by atoms with Gasteiger partial charge in [-0.05, 0) is 19.3 Å². The number of nitrogens with zero attached hydrogens (tertiary/aromatic N) is 4. The van der Waals surface area contributed by atoms with Crippen LogP contribution in [0.2, 0.25) is 0 Å². The number of rotatable bonds is 3. The SMILES string of the molecule is Cn1cc([N+](=O)[O-])c(N2CCCCC2C(=O)O)n1. The second-order valence-corrected chi connectivity index (χ2v) is 4.31. The number of hydrogen-bond donors (Lipinski definition) is 1. The fourth-order valence-electron chi connectivity index (χ4n) is 2.24. The van der Waals surface area contributed by atoms with Crippen molar-refractivity contribution in [2.45, 2.75) is 25.3 Å². The van der Waals surface area contributed by atoms with E-state index in [-0.39, 0.29) is 11.5 Å². The van der Waals surface area contributed by atoms with Gasteiger partial charge in [0.1, 0.15) is 12.2 Å². The minimum Gasteiger partial charge on any atom is -0.480 e. The Balaban J connectivity index is 2.39. The molecule has 8 heteroatoms. The summed E-state index contributed by atoms with van der Waals surface area (Å²) in [6, 6.07) is -0.729. The first-order valence-corrected chi connectivity index (χ1v) is 5.68. The number of aromatic nitrogens is 2. The molecule has 0 spiro atoms. The predicted molar refractivity (Wildman–Crippen MR) is 62.5 cm³/mol. The lowest BCUT2D eigenvalue weighted by Gasteiger charge is -2.32. The maximum absolute atomic E-state index is 11.2. The molecule has 0 aliphatic carbocycles. The van der Waals surface area contributed by atoms with E-state index in [1.807, 2.05) is 0 Å². The molecule has 1 N–H and O–H groups in total. The Morgan fingerprint density at radius 1 is 1.61 bits per heavy atom. The molecule has 0 radical (unpaired) electrons. The highest BCUT2D eigenvalue weighted by molar-refractivity contribution is 5.79. The van der Waals surface area contributed by atoms with Crippen molar-refractivity contribution in [3.8, 4) is 0 Å². The highest BCUT2D eigenvalue weighted by Crippen LogP contribution is 2.31. The predicted octanol–water partition coefficient (Wildman–Crippen LogP) is 0.772. The summed E-state index contributed by atoms with van der Waals surface area (Å²) < 4.78 is 1.33. The van der Waals surface area contributed by atoms with Gasteiger partial charge in [-0.3, -0.25) is 14.8 Å². The van der Waals surface area contributed by atoms with E-state index in [9.17, 15) is 14.9 Å². The number of hydrogen-bond acceptors (Lipinski definition) is 5. The first kappa shape index (κ1) is 12.3. The van der Waals surface area contributed by atoms with Crippen molar-refractivity contribution >= 4 is 17.5 Å². The van der Waals surface area contributed by atoms with Crippen molar-refractivity contribution < 1.29 is 14.8 Å². The fraction of sp³-hybridized carbons (Fsp3) is 0.600. The lowest BCUT2D eigenvalue weighted by atomic mass is 10.0. The second kappa shape index (κ2) is 4.63. The Morgan fingerprint density at radius 2 is 2.33 bits per heavy atom. The zero-order valence-corrected chi connectivity index (χ0v) is 9.94. The zero-order valence-electron chi connectivity index (χ0n) is 9.94. The van der Waals surface area contributed by atoms with Crippen LogP contribution in [-0.4, -0.2) is 38.4 Å². The van der Waals surface area contributed by atoms with E-state index in [1.54, 1.807) is 7.05 Å². The van der Waals surface area contributed by atoms with Crippen molar-refractivity contribution in [1.82, 2.24) is 9.78 Å². The van der Waals surface area contributed by atoms with Gasteiger partial charge in [0, 0.05) is 13.6 Å². The Labute approximate surface area is 103 Å². The summed E-state index contributed by atoms with van der Waals surface area (Å²) in [4.78, 5) is 23.1. The van der Waals surface area contributed by atoms with Gasteiger partial charge < -0.3 is 10.0 Å². The largest absolute Gasteiger partial charge is 0.480 e. The molecular formula is C10H14N4O4. The molecule has 0 saturated carbocycles. The van der Waals surface area contributed by atoms with Gasteiger partial charge in [-0.2, -0.15) is 0 Å². The molecule has 2 heterocycles. The number of piperidine rings is 1. The Bertz CT molecular complexity index is 484. The summed E-state index contributed by atoms with van der Waals surface area (Å²) >= 11 is 0. The molecule has 1 saturated heterocycles. The smallest absolute Gasteiger partial charge is 0.330 e. The molecule has 1 fully saturated rings. The van der Waals surface area contributed by atoms with Crippen LogP contribution in [0.15, 0.2) is 6.20 Å². The first-order valence-electron chi connectivity index (χ1n) is 5.68. The van der Waals surface area contributed by atoms with Crippen LogP contribution in [0.25, 0.3) is 0 Å². The number of aliphatic carboxylic acids is 1. The highest BCUT2D eigenvalue weighted by atomic mass is 16.6. The van der Waals surface area contributed by atoms with E-state index in [2.05, 4.69) is 5.10 Å². The summed E-state index contributed by atoms with van der Waals surface area (Å²) in [6.45, 7) is 0.481. The van der Waals surface area contributed by atoms with Gasteiger partial charge in [0.25, 0.3) is 0 Å². The average molecular weight is 254 g/mol. The number of anilines is 1. The number of carboxylic acids is 1. The monoisotopic (exact) mass is 254 g/mol. The maximum atomic E-state index is 11.2. The number of nitro groups is 1. The fourth-order valence-corrected chi connectivity index (χ4v) is 2.24. The molecule has 1 aromatic rings.